The normalized spacial score (nSPS) is 46.5. The number of methoxy groups -OCH3 is 2. The molecule has 0 bridgehead atoms. The van der Waals surface area contributed by atoms with Crippen molar-refractivity contribution >= 4 is 11.7 Å². The lowest BCUT2D eigenvalue weighted by atomic mass is 9.73. The zero-order chi connectivity index (χ0) is 44.8. The van der Waals surface area contributed by atoms with E-state index in [0.29, 0.717) is 6.61 Å². The molecule has 0 amide bonds. The minimum absolute atomic E-state index is 0.0642. The number of likely N-dealkylation sites (N-methyl/N-ethyl adjacent to an activating group) is 1. The minimum atomic E-state index is -1.99. The summed E-state index contributed by atoms with van der Waals surface area (Å²) >= 11 is 0. The number of rotatable bonds is 13. The number of aliphatic hydroxyl groups is 6. The van der Waals surface area contributed by atoms with Gasteiger partial charge in [0.25, 0.3) is 0 Å². The first-order chi connectivity index (χ1) is 27.4. The standard InChI is InChI=1S/C41H76N2O16/c1-15-27-41(10,50)34(46)22(3)29(42-54-20-53-17-16-51-13)21(2)18-39(8,49)36(59-38-32(45)30(43(11)12)31(44)25(6)56-38)23(4)33(24(5)37(48)57-27)58-28-19-40(9,52-14)35(47)26(7)55-28/h21-28,30-36,38,44-47,49-50H,15-20H2,1-14H3/b42-29+/t21-,22+,23+,24-,25-,26+,27-,28+,30+,31?,32-,33+,34-,35+,36-,38+,39-,40-,41-/m1/s1. The molecule has 3 aliphatic heterocycles. The monoisotopic (exact) mass is 853 g/mol. The molecule has 18 heteroatoms. The molecule has 0 aliphatic carbocycles. The van der Waals surface area contributed by atoms with Crippen LogP contribution in [-0.4, -0.2) is 186 Å². The van der Waals surface area contributed by atoms with Crippen LogP contribution in [0.4, 0.5) is 0 Å². The Hall–Kier alpha value is -1.62. The molecule has 3 saturated heterocycles. The highest BCUT2D eigenvalue weighted by Crippen LogP contribution is 2.41. The molecule has 18 nitrogen and oxygen atoms in total. The van der Waals surface area contributed by atoms with Gasteiger partial charge in [-0.15, -0.1) is 0 Å². The van der Waals surface area contributed by atoms with Crippen molar-refractivity contribution < 1.29 is 78.2 Å². The number of carbonyl (C=O) groups is 1. The number of cyclic esters (lactones) is 1. The molecule has 0 saturated carbocycles. The van der Waals surface area contributed by atoms with Gasteiger partial charge in [-0.1, -0.05) is 32.9 Å². The van der Waals surface area contributed by atoms with E-state index in [4.69, 9.17) is 42.7 Å². The predicted molar refractivity (Wildman–Crippen MR) is 214 cm³/mol. The van der Waals surface area contributed by atoms with Gasteiger partial charge < -0.3 is 78.3 Å². The van der Waals surface area contributed by atoms with Crippen LogP contribution in [0, 0.1) is 23.7 Å². The van der Waals surface area contributed by atoms with Crippen molar-refractivity contribution in [1.29, 1.82) is 0 Å². The molecule has 3 aliphatic rings. The zero-order valence-corrected chi connectivity index (χ0v) is 37.6. The molecule has 0 aromatic heterocycles. The Bertz CT molecular complexity index is 1340. The van der Waals surface area contributed by atoms with Gasteiger partial charge in [-0.25, -0.2) is 0 Å². The molecule has 346 valence electrons. The molecule has 3 heterocycles. The van der Waals surface area contributed by atoms with Gasteiger partial charge in [0.15, 0.2) is 12.6 Å². The topological polar surface area (TPSA) is 237 Å². The summed E-state index contributed by atoms with van der Waals surface area (Å²) in [7, 11) is 6.43. The first-order valence-corrected chi connectivity index (χ1v) is 20.9. The van der Waals surface area contributed by atoms with E-state index < -0.39 is 120 Å². The third kappa shape index (κ3) is 12.1. The average molecular weight is 853 g/mol. The van der Waals surface area contributed by atoms with E-state index in [1.54, 1.807) is 81.3 Å². The van der Waals surface area contributed by atoms with Crippen LogP contribution in [0.2, 0.25) is 0 Å². The quantitative estimate of drug-likeness (QED) is 0.0661. The van der Waals surface area contributed by atoms with Crippen LogP contribution in [0.3, 0.4) is 0 Å². The fraction of sp³-hybridized carbons (Fsp3) is 0.951. The highest BCUT2D eigenvalue weighted by atomic mass is 16.7. The minimum Gasteiger partial charge on any atom is -0.459 e. The van der Waals surface area contributed by atoms with Gasteiger partial charge in [-0.3, -0.25) is 4.79 Å². The van der Waals surface area contributed by atoms with Crippen LogP contribution in [0.1, 0.15) is 88.5 Å². The van der Waals surface area contributed by atoms with Crippen molar-refractivity contribution in [3.8, 4) is 0 Å². The Morgan fingerprint density at radius 1 is 0.847 bits per heavy atom. The molecule has 19 atom stereocenters. The molecular weight excluding hydrogens is 776 g/mol. The van der Waals surface area contributed by atoms with Crippen LogP contribution in [0.25, 0.3) is 0 Å². The SMILES string of the molecule is CC[C@H]1OC(=O)[C@H](C)[C@@H](O[C@H]2C[C@@](C)(OC)[C@@H](O)[C@H](C)O2)[C@H](C)[C@@H](O[C@@H]2O[C@H](C)C(O)[C@H](N(C)C)[C@H]2O)[C@](C)(O)C[C@@H](C)/C(=N\OCOCCOC)[C@H](C)[C@@H](O)[C@]1(C)O. The zero-order valence-electron chi connectivity index (χ0n) is 37.6. The fourth-order valence-electron chi connectivity index (χ4n) is 9.01. The van der Waals surface area contributed by atoms with Crippen molar-refractivity contribution in [2.24, 2.45) is 28.8 Å². The van der Waals surface area contributed by atoms with Crippen molar-refractivity contribution in [1.82, 2.24) is 4.90 Å². The maximum absolute atomic E-state index is 14.3. The van der Waals surface area contributed by atoms with Crippen LogP contribution < -0.4 is 0 Å². The van der Waals surface area contributed by atoms with Crippen LogP contribution >= 0.6 is 0 Å². The summed E-state index contributed by atoms with van der Waals surface area (Å²) in [5.41, 5.74) is -4.65. The Morgan fingerprint density at radius 3 is 2.07 bits per heavy atom. The van der Waals surface area contributed by atoms with E-state index in [1.807, 2.05) is 0 Å². The number of oxime groups is 1. The van der Waals surface area contributed by atoms with Crippen LogP contribution in [0.5, 0.6) is 0 Å². The highest BCUT2D eigenvalue weighted by molar-refractivity contribution is 5.88. The summed E-state index contributed by atoms with van der Waals surface area (Å²) in [6, 6.07) is -0.805. The molecule has 0 aromatic carbocycles. The Morgan fingerprint density at radius 2 is 1.49 bits per heavy atom. The molecule has 0 radical (unpaired) electrons. The molecule has 3 rings (SSSR count). The highest BCUT2D eigenvalue weighted by Gasteiger charge is 2.54. The van der Waals surface area contributed by atoms with Gasteiger partial charge in [0, 0.05) is 38.4 Å². The van der Waals surface area contributed by atoms with Crippen molar-refractivity contribution in [3.63, 3.8) is 0 Å². The summed E-state index contributed by atoms with van der Waals surface area (Å²) in [6.07, 6.45) is -12.4. The van der Waals surface area contributed by atoms with E-state index in [2.05, 4.69) is 5.16 Å². The Kier molecular flexibility index (Phi) is 19.0. The van der Waals surface area contributed by atoms with Gasteiger partial charge in [-0.05, 0) is 68.5 Å². The number of carbonyl (C=O) groups excluding carboxylic acids is 1. The lowest BCUT2D eigenvalue weighted by molar-refractivity contribution is -0.327. The van der Waals surface area contributed by atoms with Crippen LogP contribution in [-0.2, 0) is 47.5 Å². The van der Waals surface area contributed by atoms with Gasteiger partial charge in [0.05, 0.1) is 78.7 Å². The fourth-order valence-corrected chi connectivity index (χ4v) is 9.01. The third-order valence-corrected chi connectivity index (χ3v) is 12.7. The van der Waals surface area contributed by atoms with E-state index in [-0.39, 0.29) is 38.4 Å². The first-order valence-electron chi connectivity index (χ1n) is 20.9. The van der Waals surface area contributed by atoms with Gasteiger partial charge in [0.1, 0.15) is 23.9 Å². The second-order valence-corrected chi connectivity index (χ2v) is 17.8. The second kappa shape index (κ2) is 21.6. The Labute approximate surface area is 350 Å². The van der Waals surface area contributed by atoms with Crippen molar-refractivity contribution in [3.05, 3.63) is 0 Å². The van der Waals surface area contributed by atoms with Crippen molar-refractivity contribution in [2.75, 3.05) is 48.3 Å². The largest absolute Gasteiger partial charge is 0.459 e. The molecule has 1 unspecified atom stereocenters. The van der Waals surface area contributed by atoms with E-state index in [0.717, 1.165) is 0 Å². The second-order valence-electron chi connectivity index (χ2n) is 17.8. The Balaban J connectivity index is 2.23. The third-order valence-electron chi connectivity index (χ3n) is 12.7. The lowest BCUT2D eigenvalue weighted by Crippen LogP contribution is -2.64. The first kappa shape index (κ1) is 51.7. The number of esters is 1. The summed E-state index contributed by atoms with van der Waals surface area (Å²) in [4.78, 5) is 21.6. The molecule has 3 fully saturated rings. The number of ether oxygens (including phenoxy) is 8. The summed E-state index contributed by atoms with van der Waals surface area (Å²) < 4.78 is 47.8. The van der Waals surface area contributed by atoms with Gasteiger partial charge in [0.2, 0.25) is 6.79 Å². The maximum atomic E-state index is 14.3. The molecule has 0 aromatic rings. The number of hydrogen-bond acceptors (Lipinski definition) is 18. The number of nitrogens with zero attached hydrogens (tertiary/aromatic N) is 2. The summed E-state index contributed by atoms with van der Waals surface area (Å²) in [5.74, 6) is -4.36. The number of hydrogen-bond donors (Lipinski definition) is 6. The summed E-state index contributed by atoms with van der Waals surface area (Å²) in [5, 5.41) is 74.6. The molecule has 6 N–H and O–H groups in total. The predicted octanol–water partition coefficient (Wildman–Crippen LogP) is 1.18. The maximum Gasteiger partial charge on any atom is 0.311 e. The lowest BCUT2D eigenvalue weighted by Gasteiger charge is -2.49. The molecule has 59 heavy (non-hydrogen) atoms. The van der Waals surface area contributed by atoms with E-state index >= 15 is 0 Å². The van der Waals surface area contributed by atoms with E-state index in [1.165, 1.54) is 21.1 Å². The van der Waals surface area contributed by atoms with Crippen molar-refractivity contribution in [2.45, 2.75) is 179 Å². The number of aliphatic hydroxyl groups excluding tert-OH is 4. The van der Waals surface area contributed by atoms with Crippen LogP contribution in [0.15, 0.2) is 5.16 Å². The average Bonchev–Trinajstić information content (AvgIpc) is 3.16. The van der Waals surface area contributed by atoms with Gasteiger partial charge in [-0.2, -0.15) is 0 Å². The van der Waals surface area contributed by atoms with Gasteiger partial charge >= 0.3 is 5.97 Å². The van der Waals surface area contributed by atoms with E-state index in [9.17, 15) is 35.4 Å². The molecule has 0 spiro atoms. The smallest absolute Gasteiger partial charge is 0.311 e. The summed E-state index contributed by atoms with van der Waals surface area (Å²) in [6.45, 7) is 16.8. The molecular formula is C41H76N2O16.